The molecule has 0 aliphatic carbocycles. The number of hydrogen-bond acceptors (Lipinski definition) is 4. The average Bonchev–Trinajstić information content (AvgIpc) is 3.83. The lowest BCUT2D eigenvalue weighted by molar-refractivity contribution is 1.11. The molecule has 0 atom stereocenters. The minimum atomic E-state index is 0.834. The van der Waals surface area contributed by atoms with E-state index in [2.05, 4.69) is 183 Å². The topological polar surface area (TPSA) is 60.4 Å². The van der Waals surface area contributed by atoms with Crippen LogP contribution in [0, 0.1) is 6.92 Å². The number of aromatic nitrogens is 6. The molecule has 242 valence electrons. The van der Waals surface area contributed by atoms with Gasteiger partial charge in [-0.25, -0.2) is 0 Å². The van der Waals surface area contributed by atoms with E-state index in [1.165, 1.54) is 44.2 Å². The number of benzene rings is 6. The van der Waals surface area contributed by atoms with Gasteiger partial charge in [-0.3, -0.25) is 8.80 Å². The molecular formula is C45H32N6. The van der Waals surface area contributed by atoms with E-state index in [0.29, 0.717) is 0 Å². The van der Waals surface area contributed by atoms with Gasteiger partial charge in [-0.15, -0.1) is 20.4 Å². The first kappa shape index (κ1) is 29.3. The van der Waals surface area contributed by atoms with E-state index < -0.39 is 0 Å². The lowest BCUT2D eigenvalue weighted by atomic mass is 9.92. The molecular weight excluding hydrogens is 625 g/mol. The summed E-state index contributed by atoms with van der Waals surface area (Å²) in [6.07, 6.45) is 5.07. The predicted octanol–water partition coefficient (Wildman–Crippen LogP) is 10.8. The van der Waals surface area contributed by atoms with E-state index in [4.69, 9.17) is 0 Å². The molecule has 10 rings (SSSR count). The Morgan fingerprint density at radius 1 is 0.451 bits per heavy atom. The molecule has 0 saturated carbocycles. The smallest absolute Gasteiger partial charge is 0.168 e. The van der Waals surface area contributed by atoms with Gasteiger partial charge in [0.15, 0.2) is 22.9 Å². The highest BCUT2D eigenvalue weighted by atomic mass is 15.3. The highest BCUT2D eigenvalue weighted by Gasteiger charge is 2.15. The summed E-state index contributed by atoms with van der Waals surface area (Å²) >= 11 is 0. The van der Waals surface area contributed by atoms with E-state index in [-0.39, 0.29) is 0 Å². The zero-order valence-corrected chi connectivity index (χ0v) is 28.2. The fraction of sp³-hybridized carbons (Fsp3) is 0.0667. The summed E-state index contributed by atoms with van der Waals surface area (Å²) in [5, 5.41) is 25.3. The first-order valence-electron chi connectivity index (χ1n) is 17.4. The van der Waals surface area contributed by atoms with Crippen molar-refractivity contribution in [3.63, 3.8) is 0 Å². The van der Waals surface area contributed by atoms with Crippen molar-refractivity contribution in [2.24, 2.45) is 0 Å². The standard InChI is InChI=1S/C45H32N6/c1-3-29-24-38-26-37(43-47-48-44-39-7-5-4-6-32(39)20-22-51(43)44)17-16-34(38)27-41(29)35-18-19-40-36(25-35)21-23-50-42(46-49-45(40)50)33-14-12-31(13-15-33)30-10-8-28(2)9-11-30/h4-27H,3H2,1-2H3. The number of fused-ring (bicyclic) bond motifs is 7. The molecule has 0 fully saturated rings. The maximum absolute atomic E-state index is 4.66. The molecule has 0 saturated heterocycles. The lowest BCUT2D eigenvalue weighted by Crippen LogP contribution is -1.93. The number of hydrogen-bond donors (Lipinski definition) is 0. The molecule has 0 radical (unpaired) electrons. The van der Waals surface area contributed by atoms with E-state index in [9.17, 15) is 0 Å². The van der Waals surface area contributed by atoms with Crippen molar-refractivity contribution in [3.05, 3.63) is 157 Å². The molecule has 51 heavy (non-hydrogen) atoms. The second kappa shape index (κ2) is 11.5. The third-order valence-electron chi connectivity index (χ3n) is 10.2. The maximum Gasteiger partial charge on any atom is 0.168 e. The van der Waals surface area contributed by atoms with Gasteiger partial charge in [0.25, 0.3) is 0 Å². The largest absolute Gasteiger partial charge is 0.282 e. The molecule has 0 amide bonds. The quantitative estimate of drug-likeness (QED) is 0.185. The fourth-order valence-corrected chi connectivity index (χ4v) is 7.46. The van der Waals surface area contributed by atoms with Crippen molar-refractivity contribution in [1.29, 1.82) is 0 Å². The van der Waals surface area contributed by atoms with Gasteiger partial charge in [0.2, 0.25) is 0 Å². The Labute approximate surface area is 294 Å². The molecule has 4 aromatic heterocycles. The van der Waals surface area contributed by atoms with Crippen molar-refractivity contribution < 1.29 is 0 Å². The van der Waals surface area contributed by atoms with Crippen molar-refractivity contribution in [2.45, 2.75) is 20.3 Å². The Balaban J connectivity index is 0.995. The van der Waals surface area contributed by atoms with Crippen LogP contribution >= 0.6 is 0 Å². The molecule has 0 bridgehead atoms. The second-order valence-electron chi connectivity index (χ2n) is 13.3. The summed E-state index contributed by atoms with van der Waals surface area (Å²) in [6.45, 7) is 4.33. The summed E-state index contributed by atoms with van der Waals surface area (Å²) in [7, 11) is 0. The van der Waals surface area contributed by atoms with Crippen LogP contribution in [0.3, 0.4) is 0 Å². The summed E-state index contributed by atoms with van der Waals surface area (Å²) in [5.74, 6) is 1.68. The van der Waals surface area contributed by atoms with Gasteiger partial charge in [0.1, 0.15) is 0 Å². The van der Waals surface area contributed by atoms with Crippen LogP contribution in [-0.2, 0) is 6.42 Å². The van der Waals surface area contributed by atoms with E-state index in [1.54, 1.807) is 0 Å². The summed E-state index contributed by atoms with van der Waals surface area (Å²) in [5.41, 5.74) is 11.2. The van der Waals surface area contributed by atoms with Gasteiger partial charge >= 0.3 is 0 Å². The van der Waals surface area contributed by atoms with E-state index in [1.807, 2.05) is 6.07 Å². The summed E-state index contributed by atoms with van der Waals surface area (Å²) in [4.78, 5) is 0. The third kappa shape index (κ3) is 4.79. The van der Waals surface area contributed by atoms with Crippen LogP contribution in [0.5, 0.6) is 0 Å². The van der Waals surface area contributed by atoms with Gasteiger partial charge in [0, 0.05) is 34.3 Å². The molecule has 0 aliphatic heterocycles. The number of pyridine rings is 2. The molecule has 0 spiro atoms. The van der Waals surface area contributed by atoms with Gasteiger partial charge in [0.05, 0.1) is 0 Å². The molecule has 6 heteroatoms. The Hall–Kier alpha value is -6.66. The highest BCUT2D eigenvalue weighted by Crippen LogP contribution is 2.35. The van der Waals surface area contributed by atoms with Crippen LogP contribution < -0.4 is 0 Å². The van der Waals surface area contributed by atoms with Crippen LogP contribution in [0.2, 0.25) is 0 Å². The first-order chi connectivity index (χ1) is 25.1. The van der Waals surface area contributed by atoms with Crippen LogP contribution in [0.1, 0.15) is 18.1 Å². The minimum Gasteiger partial charge on any atom is -0.282 e. The van der Waals surface area contributed by atoms with E-state index in [0.717, 1.165) is 62.0 Å². The second-order valence-corrected chi connectivity index (χ2v) is 13.3. The van der Waals surface area contributed by atoms with Crippen LogP contribution in [0.15, 0.2) is 146 Å². The van der Waals surface area contributed by atoms with Crippen LogP contribution in [0.25, 0.3) is 88.6 Å². The zero-order valence-electron chi connectivity index (χ0n) is 28.2. The molecule has 0 unspecified atom stereocenters. The van der Waals surface area contributed by atoms with Gasteiger partial charge in [-0.1, -0.05) is 110 Å². The Kier molecular flexibility index (Phi) is 6.58. The van der Waals surface area contributed by atoms with Crippen molar-refractivity contribution in [1.82, 2.24) is 29.2 Å². The number of aryl methyl sites for hydroxylation is 2. The molecule has 6 nitrogen and oxygen atoms in total. The van der Waals surface area contributed by atoms with Crippen molar-refractivity contribution >= 4 is 43.6 Å². The fourth-order valence-electron chi connectivity index (χ4n) is 7.46. The first-order valence-corrected chi connectivity index (χ1v) is 17.4. The lowest BCUT2D eigenvalue weighted by Gasteiger charge is -2.13. The SMILES string of the molecule is CCc1cc2cc(-c3nnc4c5ccccc5ccn34)ccc2cc1-c1ccc2c(ccn3c(-c4ccc(-c5ccc(C)cc5)cc4)nnc23)c1. The van der Waals surface area contributed by atoms with Gasteiger partial charge in [-0.2, -0.15) is 0 Å². The normalized spacial score (nSPS) is 11.8. The molecule has 6 aromatic carbocycles. The van der Waals surface area contributed by atoms with Gasteiger partial charge in [-0.05, 0) is 99.1 Å². The molecule has 10 aromatic rings. The Morgan fingerprint density at radius 3 is 1.78 bits per heavy atom. The monoisotopic (exact) mass is 656 g/mol. The number of nitrogens with zero attached hydrogens (tertiary/aromatic N) is 6. The molecule has 4 heterocycles. The van der Waals surface area contributed by atoms with Crippen molar-refractivity contribution in [3.8, 4) is 45.0 Å². The minimum absolute atomic E-state index is 0.834. The zero-order chi connectivity index (χ0) is 34.1. The Bertz CT molecular complexity index is 2950. The maximum atomic E-state index is 4.66. The van der Waals surface area contributed by atoms with Crippen LogP contribution in [-0.4, -0.2) is 29.2 Å². The Morgan fingerprint density at radius 2 is 1.04 bits per heavy atom. The van der Waals surface area contributed by atoms with Crippen molar-refractivity contribution in [2.75, 3.05) is 0 Å². The highest BCUT2D eigenvalue weighted by molar-refractivity contribution is 5.99. The van der Waals surface area contributed by atoms with Gasteiger partial charge < -0.3 is 0 Å². The van der Waals surface area contributed by atoms with Crippen LogP contribution in [0.4, 0.5) is 0 Å². The predicted molar refractivity (Wildman–Crippen MR) is 208 cm³/mol. The molecule has 0 N–H and O–H groups in total. The summed E-state index contributed by atoms with van der Waals surface area (Å²) in [6, 6.07) is 47.7. The average molecular weight is 657 g/mol. The third-order valence-corrected chi connectivity index (χ3v) is 10.2. The van der Waals surface area contributed by atoms with E-state index >= 15 is 0 Å². The summed E-state index contributed by atoms with van der Waals surface area (Å²) < 4.78 is 4.18. The number of rotatable bonds is 5. The molecule has 0 aliphatic rings.